The van der Waals surface area contributed by atoms with Gasteiger partial charge in [0.05, 0.1) is 18.6 Å². The molecule has 21 heavy (non-hydrogen) atoms. The summed E-state index contributed by atoms with van der Waals surface area (Å²) in [5, 5.41) is -4.93. The second-order valence-electron chi connectivity index (χ2n) is 5.71. The summed E-state index contributed by atoms with van der Waals surface area (Å²) >= 11 is 0. The van der Waals surface area contributed by atoms with E-state index in [0.717, 1.165) is 0 Å². The van der Waals surface area contributed by atoms with Crippen molar-refractivity contribution in [3.8, 4) is 0 Å². The number of carbonyl (C=O) groups is 1. The number of esters is 1. The van der Waals surface area contributed by atoms with E-state index in [2.05, 4.69) is 0 Å². The van der Waals surface area contributed by atoms with Gasteiger partial charge in [-0.1, -0.05) is 0 Å². The lowest BCUT2D eigenvalue weighted by Gasteiger charge is -2.27. The molecule has 2 bridgehead atoms. The molecule has 6 nitrogen and oxygen atoms in total. The summed E-state index contributed by atoms with van der Waals surface area (Å²) in [4.78, 5) is 11.5. The Morgan fingerprint density at radius 3 is 2.71 bits per heavy atom. The quantitative estimate of drug-likeness (QED) is 0.592. The lowest BCUT2D eigenvalue weighted by Crippen LogP contribution is -2.43. The monoisotopic (exact) mass is 330 g/mol. The first kappa shape index (κ1) is 15.0. The molecule has 2 saturated carbocycles. The first-order valence-corrected chi connectivity index (χ1v) is 7.88. The van der Waals surface area contributed by atoms with E-state index in [1.165, 1.54) is 0 Å². The minimum atomic E-state index is -5.85. The molecule has 0 radical (unpaired) electrons. The highest BCUT2D eigenvalue weighted by molar-refractivity contribution is 7.86. The minimum absolute atomic E-state index is 0.0346. The van der Waals surface area contributed by atoms with Crippen molar-refractivity contribution in [2.75, 3.05) is 6.61 Å². The summed E-state index contributed by atoms with van der Waals surface area (Å²) in [7, 11) is -5.85. The van der Waals surface area contributed by atoms with Gasteiger partial charge in [-0.3, -0.25) is 9.35 Å². The van der Waals surface area contributed by atoms with Gasteiger partial charge in [-0.2, -0.15) is 17.2 Å². The summed E-state index contributed by atoms with van der Waals surface area (Å²) in [5.74, 6) is -0.658. The summed E-state index contributed by atoms with van der Waals surface area (Å²) in [6.07, 6.45) is -3.31. The van der Waals surface area contributed by atoms with E-state index >= 15 is 0 Å². The number of hydrogen-bond acceptors (Lipinski definition) is 5. The normalized spacial score (nSPS) is 39.6. The van der Waals surface area contributed by atoms with E-state index < -0.39 is 40.4 Å². The summed E-state index contributed by atoms with van der Waals surface area (Å²) in [6.45, 7) is -1.20. The molecule has 10 heteroatoms. The van der Waals surface area contributed by atoms with Gasteiger partial charge < -0.3 is 9.47 Å². The van der Waals surface area contributed by atoms with Gasteiger partial charge in [-0.25, -0.2) is 4.39 Å². The molecule has 6 unspecified atom stereocenters. The standard InChI is InChI=1S/C11H13F3O6S/c12-7(11(13,14)21(16,17)18)3-19-8-4-1-5-6(2-4)10(15)20-9(5)8/h4-9H,1-3H2,(H,16,17,18). The van der Waals surface area contributed by atoms with Gasteiger partial charge in [-0.15, -0.1) is 0 Å². The molecule has 6 atom stereocenters. The zero-order chi connectivity index (χ0) is 15.6. The van der Waals surface area contributed by atoms with Gasteiger partial charge in [0, 0.05) is 5.92 Å². The molecule has 120 valence electrons. The Kier molecular flexibility index (Phi) is 3.27. The van der Waals surface area contributed by atoms with Crippen molar-refractivity contribution in [2.45, 2.75) is 36.5 Å². The maximum Gasteiger partial charge on any atom is 0.402 e. The molecule has 0 aromatic heterocycles. The molecule has 0 amide bonds. The maximum absolute atomic E-state index is 13.4. The Hall–Kier alpha value is -0.870. The van der Waals surface area contributed by atoms with Gasteiger partial charge >= 0.3 is 21.3 Å². The molecule has 0 spiro atoms. The van der Waals surface area contributed by atoms with E-state index in [-0.39, 0.29) is 23.7 Å². The number of halogens is 3. The number of carbonyl (C=O) groups excluding carboxylic acids is 1. The zero-order valence-electron chi connectivity index (χ0n) is 10.6. The Morgan fingerprint density at radius 2 is 2.10 bits per heavy atom. The first-order valence-electron chi connectivity index (χ1n) is 6.44. The average molecular weight is 330 g/mol. The largest absolute Gasteiger partial charge is 0.459 e. The molecule has 3 aliphatic rings. The molecule has 1 aliphatic heterocycles. The lowest BCUT2D eigenvalue weighted by molar-refractivity contribution is -0.149. The van der Waals surface area contributed by atoms with Crippen molar-refractivity contribution in [2.24, 2.45) is 17.8 Å². The minimum Gasteiger partial charge on any atom is -0.459 e. The van der Waals surface area contributed by atoms with Gasteiger partial charge in [0.2, 0.25) is 6.17 Å². The molecule has 2 aliphatic carbocycles. The molecule has 0 aromatic rings. The fourth-order valence-corrected chi connectivity index (χ4v) is 3.98. The summed E-state index contributed by atoms with van der Waals surface area (Å²) in [5.41, 5.74) is 0. The van der Waals surface area contributed by atoms with E-state index in [0.29, 0.717) is 12.8 Å². The zero-order valence-corrected chi connectivity index (χ0v) is 11.4. The van der Waals surface area contributed by atoms with Gasteiger partial charge in [-0.05, 0) is 18.8 Å². The Balaban J connectivity index is 1.63. The van der Waals surface area contributed by atoms with Crippen LogP contribution in [-0.4, -0.2) is 49.2 Å². The predicted molar refractivity (Wildman–Crippen MR) is 60.7 cm³/mol. The van der Waals surface area contributed by atoms with Crippen LogP contribution in [0.5, 0.6) is 0 Å². The number of rotatable bonds is 5. The van der Waals surface area contributed by atoms with Crippen LogP contribution in [0.4, 0.5) is 13.2 Å². The third-order valence-electron chi connectivity index (χ3n) is 4.56. The van der Waals surface area contributed by atoms with Gasteiger partial charge in [0.25, 0.3) is 0 Å². The van der Waals surface area contributed by atoms with Crippen molar-refractivity contribution in [3.63, 3.8) is 0 Å². The molecule has 1 saturated heterocycles. The Labute approximate surface area is 118 Å². The van der Waals surface area contributed by atoms with Crippen molar-refractivity contribution in [1.82, 2.24) is 0 Å². The lowest BCUT2D eigenvalue weighted by atomic mass is 9.88. The molecular formula is C11H13F3O6S. The van der Waals surface area contributed by atoms with Crippen LogP contribution in [0.15, 0.2) is 0 Å². The summed E-state index contributed by atoms with van der Waals surface area (Å²) in [6, 6.07) is 0. The van der Waals surface area contributed by atoms with Crippen molar-refractivity contribution in [1.29, 1.82) is 0 Å². The van der Waals surface area contributed by atoms with Gasteiger partial charge in [0.15, 0.2) is 0 Å². The van der Waals surface area contributed by atoms with Crippen LogP contribution in [0.2, 0.25) is 0 Å². The molecule has 3 rings (SSSR count). The predicted octanol–water partition coefficient (Wildman–Crippen LogP) is 0.772. The molecular weight excluding hydrogens is 317 g/mol. The third kappa shape index (κ3) is 2.15. The maximum atomic E-state index is 13.4. The second kappa shape index (κ2) is 4.56. The first-order chi connectivity index (χ1) is 9.63. The van der Waals surface area contributed by atoms with Crippen LogP contribution >= 0.6 is 0 Å². The van der Waals surface area contributed by atoms with Crippen molar-refractivity contribution < 1.29 is 40.4 Å². The highest BCUT2D eigenvalue weighted by atomic mass is 32.2. The fraction of sp³-hybridized carbons (Fsp3) is 0.909. The molecule has 1 heterocycles. The van der Waals surface area contributed by atoms with Crippen LogP contribution in [0.1, 0.15) is 12.8 Å². The van der Waals surface area contributed by atoms with E-state index in [4.69, 9.17) is 14.0 Å². The third-order valence-corrected chi connectivity index (χ3v) is 5.50. The van der Waals surface area contributed by atoms with E-state index in [1.54, 1.807) is 0 Å². The van der Waals surface area contributed by atoms with Crippen LogP contribution in [-0.2, 0) is 24.4 Å². The fourth-order valence-electron chi connectivity index (χ4n) is 3.59. The van der Waals surface area contributed by atoms with Crippen molar-refractivity contribution >= 4 is 16.1 Å². The van der Waals surface area contributed by atoms with Crippen LogP contribution in [0, 0.1) is 17.8 Å². The van der Waals surface area contributed by atoms with Crippen LogP contribution in [0.3, 0.4) is 0 Å². The van der Waals surface area contributed by atoms with Crippen LogP contribution in [0.25, 0.3) is 0 Å². The molecule has 0 aromatic carbocycles. The van der Waals surface area contributed by atoms with Crippen LogP contribution < -0.4 is 0 Å². The number of fused-ring (bicyclic) bond motifs is 1. The number of hydrogen-bond donors (Lipinski definition) is 1. The van der Waals surface area contributed by atoms with E-state index in [1.807, 2.05) is 0 Å². The Morgan fingerprint density at radius 1 is 1.43 bits per heavy atom. The smallest absolute Gasteiger partial charge is 0.402 e. The van der Waals surface area contributed by atoms with Gasteiger partial charge in [0.1, 0.15) is 6.10 Å². The number of ether oxygens (including phenoxy) is 2. The SMILES string of the molecule is O=C1OC2C3CC(CC13)C2OCC(F)C(F)(F)S(=O)(=O)O. The topological polar surface area (TPSA) is 89.9 Å². The highest BCUT2D eigenvalue weighted by Gasteiger charge is 2.63. The summed E-state index contributed by atoms with van der Waals surface area (Å²) < 4.78 is 78.8. The van der Waals surface area contributed by atoms with E-state index in [9.17, 15) is 26.4 Å². The number of alkyl halides is 3. The Bertz CT molecular complexity index is 564. The average Bonchev–Trinajstić information content (AvgIpc) is 2.97. The van der Waals surface area contributed by atoms with Crippen molar-refractivity contribution in [3.05, 3.63) is 0 Å². The highest BCUT2D eigenvalue weighted by Crippen LogP contribution is 2.55. The molecule has 3 fully saturated rings. The second-order valence-corrected chi connectivity index (χ2v) is 7.20. The molecule has 1 N–H and O–H groups in total.